The molecule has 0 aliphatic rings. The van der Waals surface area contributed by atoms with E-state index < -0.39 is 0 Å². The van der Waals surface area contributed by atoms with Crippen molar-refractivity contribution in [2.24, 2.45) is 0 Å². The van der Waals surface area contributed by atoms with Crippen molar-refractivity contribution >= 4 is 0 Å². The minimum atomic E-state index is -0.250. The maximum Gasteiger partial charge on any atom is 0.127 e. The second-order valence-corrected chi connectivity index (χ2v) is 2.82. The van der Waals surface area contributed by atoms with E-state index in [4.69, 9.17) is 5.26 Å². The number of nitriles is 1. The molecule has 0 fully saturated rings. The maximum absolute atomic E-state index is 13.0. The van der Waals surface area contributed by atoms with Crippen molar-refractivity contribution in [3.05, 3.63) is 35.6 Å². The fraction of sp³-hybridized carbons (Fsp3) is 0.300. The molecule has 2 nitrogen and oxygen atoms in total. The van der Waals surface area contributed by atoms with Crippen molar-refractivity contribution in [3.63, 3.8) is 0 Å². The van der Waals surface area contributed by atoms with Crippen LogP contribution in [0, 0.1) is 17.1 Å². The summed E-state index contributed by atoms with van der Waals surface area (Å²) < 4.78 is 13.0. The molecule has 0 aliphatic carbocycles. The van der Waals surface area contributed by atoms with Gasteiger partial charge >= 0.3 is 0 Å². The van der Waals surface area contributed by atoms with E-state index in [1.54, 1.807) is 25.1 Å². The van der Waals surface area contributed by atoms with Crippen molar-refractivity contribution in [1.82, 2.24) is 5.32 Å². The number of rotatable bonds is 3. The van der Waals surface area contributed by atoms with Gasteiger partial charge in [-0.1, -0.05) is 18.2 Å². The molecule has 0 saturated carbocycles. The second-order valence-electron chi connectivity index (χ2n) is 2.82. The van der Waals surface area contributed by atoms with Crippen LogP contribution in [-0.4, -0.2) is 6.04 Å². The molecule has 0 aromatic heterocycles. The van der Waals surface area contributed by atoms with E-state index in [1.807, 2.05) is 6.07 Å². The van der Waals surface area contributed by atoms with Crippen molar-refractivity contribution < 1.29 is 4.39 Å². The van der Waals surface area contributed by atoms with Gasteiger partial charge in [-0.3, -0.25) is 5.32 Å². The predicted octanol–water partition coefficient (Wildman–Crippen LogP) is 1.83. The van der Waals surface area contributed by atoms with Gasteiger partial charge in [0, 0.05) is 12.1 Å². The molecular weight excluding hydrogens is 167 g/mol. The van der Waals surface area contributed by atoms with E-state index in [2.05, 4.69) is 5.32 Å². The Kier molecular flexibility index (Phi) is 3.41. The number of hydrogen-bond acceptors (Lipinski definition) is 2. The molecule has 1 atom stereocenters. The van der Waals surface area contributed by atoms with Crippen LogP contribution in [0.1, 0.15) is 12.5 Å². The zero-order valence-corrected chi connectivity index (χ0v) is 7.42. The molecule has 0 amide bonds. The number of nitrogens with one attached hydrogen (secondary N) is 1. The minimum Gasteiger partial charge on any atom is -0.298 e. The third-order valence-corrected chi connectivity index (χ3v) is 1.75. The highest BCUT2D eigenvalue weighted by molar-refractivity contribution is 5.17. The van der Waals surface area contributed by atoms with Gasteiger partial charge in [0.1, 0.15) is 5.82 Å². The molecule has 0 aliphatic heterocycles. The summed E-state index contributed by atoms with van der Waals surface area (Å²) in [5.74, 6) is -0.236. The van der Waals surface area contributed by atoms with E-state index >= 15 is 0 Å². The van der Waals surface area contributed by atoms with Crippen LogP contribution in [0.3, 0.4) is 0 Å². The van der Waals surface area contributed by atoms with E-state index in [-0.39, 0.29) is 11.9 Å². The van der Waals surface area contributed by atoms with Crippen molar-refractivity contribution in [3.8, 4) is 6.07 Å². The van der Waals surface area contributed by atoms with Gasteiger partial charge < -0.3 is 0 Å². The normalized spacial score (nSPS) is 12.1. The van der Waals surface area contributed by atoms with Gasteiger partial charge in [0.2, 0.25) is 0 Å². The minimum absolute atomic E-state index is 0.236. The Morgan fingerprint density at radius 1 is 1.54 bits per heavy atom. The van der Waals surface area contributed by atoms with Crippen LogP contribution >= 0.6 is 0 Å². The van der Waals surface area contributed by atoms with Gasteiger partial charge in [0.15, 0.2) is 0 Å². The number of halogens is 1. The number of nitrogens with zero attached hydrogens (tertiary/aromatic N) is 1. The first-order chi connectivity index (χ1) is 6.24. The van der Waals surface area contributed by atoms with E-state index in [1.165, 1.54) is 6.07 Å². The summed E-state index contributed by atoms with van der Waals surface area (Å²) in [7, 11) is 0. The molecule has 0 radical (unpaired) electrons. The summed E-state index contributed by atoms with van der Waals surface area (Å²) in [6.45, 7) is 2.13. The largest absolute Gasteiger partial charge is 0.298 e. The van der Waals surface area contributed by atoms with Crippen LogP contribution in [0.4, 0.5) is 4.39 Å². The van der Waals surface area contributed by atoms with Gasteiger partial charge in [0.25, 0.3) is 0 Å². The standard InChI is InChI=1S/C10H11FN2/c1-8(6-12)13-7-9-4-2-3-5-10(9)11/h2-5,8,13H,7H2,1H3. The van der Waals surface area contributed by atoms with Crippen LogP contribution in [-0.2, 0) is 6.54 Å². The summed E-state index contributed by atoms with van der Waals surface area (Å²) in [6, 6.07) is 8.30. The average Bonchev–Trinajstić information content (AvgIpc) is 2.16. The number of benzene rings is 1. The van der Waals surface area contributed by atoms with Gasteiger partial charge in [-0.25, -0.2) is 4.39 Å². The highest BCUT2D eigenvalue weighted by Gasteiger charge is 2.02. The highest BCUT2D eigenvalue weighted by atomic mass is 19.1. The summed E-state index contributed by atoms with van der Waals surface area (Å²) >= 11 is 0. The Bertz CT molecular complexity index is 317. The SMILES string of the molecule is CC(C#N)NCc1ccccc1F. The average molecular weight is 178 g/mol. The van der Waals surface area contributed by atoms with Gasteiger partial charge in [0.05, 0.1) is 12.1 Å². The molecule has 0 spiro atoms. The maximum atomic E-state index is 13.0. The molecule has 68 valence electrons. The van der Waals surface area contributed by atoms with Crippen molar-refractivity contribution in [1.29, 1.82) is 5.26 Å². The fourth-order valence-corrected chi connectivity index (χ4v) is 0.950. The van der Waals surface area contributed by atoms with Crippen LogP contribution in [0.25, 0.3) is 0 Å². The Morgan fingerprint density at radius 3 is 2.85 bits per heavy atom. The summed E-state index contributed by atoms with van der Waals surface area (Å²) in [4.78, 5) is 0. The Morgan fingerprint density at radius 2 is 2.23 bits per heavy atom. The monoisotopic (exact) mass is 178 g/mol. The van der Waals surface area contributed by atoms with E-state index in [9.17, 15) is 4.39 Å². The van der Waals surface area contributed by atoms with E-state index in [0.29, 0.717) is 12.1 Å². The molecule has 13 heavy (non-hydrogen) atoms. The lowest BCUT2D eigenvalue weighted by Gasteiger charge is -2.06. The summed E-state index contributed by atoms with van der Waals surface area (Å²) in [5, 5.41) is 11.4. The lowest BCUT2D eigenvalue weighted by molar-refractivity contribution is 0.576. The van der Waals surface area contributed by atoms with Crippen molar-refractivity contribution in [2.45, 2.75) is 19.5 Å². The van der Waals surface area contributed by atoms with E-state index in [0.717, 1.165) is 0 Å². The summed E-state index contributed by atoms with van der Waals surface area (Å²) in [6.07, 6.45) is 0. The molecule has 3 heteroatoms. The zero-order chi connectivity index (χ0) is 9.68. The molecule has 1 N–H and O–H groups in total. The van der Waals surface area contributed by atoms with Gasteiger partial charge in [-0.05, 0) is 13.0 Å². The quantitative estimate of drug-likeness (QED) is 0.766. The third kappa shape index (κ3) is 2.85. The van der Waals surface area contributed by atoms with Crippen LogP contribution in [0.15, 0.2) is 24.3 Å². The topological polar surface area (TPSA) is 35.8 Å². The molecule has 1 rings (SSSR count). The molecule has 0 heterocycles. The molecular formula is C10H11FN2. The summed E-state index contributed by atoms with van der Waals surface area (Å²) in [5.41, 5.74) is 0.588. The first kappa shape index (κ1) is 9.69. The third-order valence-electron chi connectivity index (χ3n) is 1.75. The molecule has 0 bridgehead atoms. The first-order valence-electron chi connectivity index (χ1n) is 4.10. The molecule has 1 aromatic rings. The molecule has 1 unspecified atom stereocenters. The lowest BCUT2D eigenvalue weighted by Crippen LogP contribution is -2.23. The highest BCUT2D eigenvalue weighted by Crippen LogP contribution is 2.05. The van der Waals surface area contributed by atoms with Gasteiger partial charge in [-0.2, -0.15) is 5.26 Å². The zero-order valence-electron chi connectivity index (χ0n) is 7.42. The Balaban J connectivity index is 2.56. The van der Waals surface area contributed by atoms with Crippen LogP contribution in [0.2, 0.25) is 0 Å². The predicted molar refractivity (Wildman–Crippen MR) is 48.3 cm³/mol. The lowest BCUT2D eigenvalue weighted by atomic mass is 10.2. The Hall–Kier alpha value is -1.40. The number of hydrogen-bond donors (Lipinski definition) is 1. The second kappa shape index (κ2) is 4.58. The van der Waals surface area contributed by atoms with Crippen LogP contribution in [0.5, 0.6) is 0 Å². The van der Waals surface area contributed by atoms with Crippen molar-refractivity contribution in [2.75, 3.05) is 0 Å². The Labute approximate surface area is 77.0 Å². The van der Waals surface area contributed by atoms with Gasteiger partial charge in [-0.15, -0.1) is 0 Å². The first-order valence-corrected chi connectivity index (χ1v) is 4.10. The van der Waals surface area contributed by atoms with Crippen LogP contribution < -0.4 is 5.32 Å². The molecule has 0 saturated heterocycles. The fourth-order valence-electron chi connectivity index (χ4n) is 0.950. The molecule has 1 aromatic carbocycles. The smallest absolute Gasteiger partial charge is 0.127 e.